The minimum atomic E-state index is -0.458. The highest BCUT2D eigenvalue weighted by Gasteiger charge is 2.53. The molecule has 1 amide bonds. The summed E-state index contributed by atoms with van der Waals surface area (Å²) in [5.74, 6) is 1.98. The van der Waals surface area contributed by atoms with E-state index in [1.807, 2.05) is 0 Å². The van der Waals surface area contributed by atoms with Gasteiger partial charge in [-0.2, -0.15) is 0 Å². The largest absolute Gasteiger partial charge is 0.452 e. The molecule has 1 atom stereocenters. The summed E-state index contributed by atoms with van der Waals surface area (Å²) < 4.78 is 4.93. The Hall–Kier alpha value is -1.32. The van der Waals surface area contributed by atoms with Crippen molar-refractivity contribution in [3.05, 3.63) is 12.2 Å². The second kappa shape index (κ2) is 6.05. The van der Waals surface area contributed by atoms with Crippen molar-refractivity contribution in [1.29, 1.82) is 0 Å². The van der Waals surface area contributed by atoms with E-state index < -0.39 is 5.97 Å². The Labute approximate surface area is 132 Å². The molecule has 122 valence electrons. The molecule has 1 N–H and O–H groups in total. The molecular weight excluding hydrogens is 278 g/mol. The van der Waals surface area contributed by atoms with Gasteiger partial charge in [0.2, 0.25) is 0 Å². The Balaban J connectivity index is 1.54. The van der Waals surface area contributed by atoms with Crippen LogP contribution in [-0.4, -0.2) is 24.5 Å². The summed E-state index contributed by atoms with van der Waals surface area (Å²) in [5, 5.41) is 3.09. The first-order valence-electron chi connectivity index (χ1n) is 8.59. The summed E-state index contributed by atoms with van der Waals surface area (Å²) in [6, 6.07) is 0.175. The molecular formula is C18H27NO3. The SMILES string of the molecule is C/C=C/C(=O)OCC(=O)N[C@H](C)C12CC3CC(CC(C3)C1)C2. The second-order valence-corrected chi connectivity index (χ2v) is 7.68. The van der Waals surface area contributed by atoms with Gasteiger partial charge in [-0.25, -0.2) is 4.79 Å². The van der Waals surface area contributed by atoms with Crippen LogP contribution in [0.15, 0.2) is 12.2 Å². The number of hydrogen-bond acceptors (Lipinski definition) is 3. The number of ether oxygens (including phenoxy) is 1. The number of hydrogen-bond donors (Lipinski definition) is 1. The van der Waals surface area contributed by atoms with E-state index in [1.165, 1.54) is 44.6 Å². The van der Waals surface area contributed by atoms with E-state index >= 15 is 0 Å². The minimum absolute atomic E-state index is 0.175. The smallest absolute Gasteiger partial charge is 0.330 e. The topological polar surface area (TPSA) is 55.4 Å². The Morgan fingerprint density at radius 1 is 1.18 bits per heavy atom. The van der Waals surface area contributed by atoms with Gasteiger partial charge < -0.3 is 10.1 Å². The molecule has 4 aliphatic carbocycles. The van der Waals surface area contributed by atoms with Gasteiger partial charge in [-0.05, 0) is 75.5 Å². The molecule has 4 saturated carbocycles. The van der Waals surface area contributed by atoms with Crippen LogP contribution < -0.4 is 5.32 Å². The third-order valence-corrected chi connectivity index (χ3v) is 6.03. The van der Waals surface area contributed by atoms with Crippen molar-refractivity contribution in [2.45, 2.75) is 58.4 Å². The van der Waals surface area contributed by atoms with Crippen LogP contribution in [0.1, 0.15) is 52.4 Å². The average molecular weight is 305 g/mol. The summed E-state index contributed by atoms with van der Waals surface area (Å²) in [6.07, 6.45) is 10.9. The molecule has 4 bridgehead atoms. The van der Waals surface area contributed by atoms with Crippen LogP contribution in [-0.2, 0) is 14.3 Å². The Bertz CT molecular complexity index is 447. The number of carbonyl (C=O) groups excluding carboxylic acids is 2. The molecule has 4 heteroatoms. The van der Waals surface area contributed by atoms with Gasteiger partial charge in [0.15, 0.2) is 6.61 Å². The molecule has 0 spiro atoms. The van der Waals surface area contributed by atoms with E-state index in [-0.39, 0.29) is 24.0 Å². The van der Waals surface area contributed by atoms with Crippen LogP contribution >= 0.6 is 0 Å². The lowest BCUT2D eigenvalue weighted by Gasteiger charge is -2.59. The zero-order chi connectivity index (χ0) is 15.7. The van der Waals surface area contributed by atoms with Gasteiger partial charge in [-0.3, -0.25) is 4.79 Å². The molecule has 0 unspecified atom stereocenters. The van der Waals surface area contributed by atoms with Crippen molar-refractivity contribution in [3.8, 4) is 0 Å². The lowest BCUT2D eigenvalue weighted by atomic mass is 9.48. The zero-order valence-corrected chi connectivity index (χ0v) is 13.6. The molecule has 4 fully saturated rings. The van der Waals surface area contributed by atoms with Gasteiger partial charge in [-0.1, -0.05) is 6.08 Å². The summed E-state index contributed by atoms with van der Waals surface area (Å²) in [6.45, 7) is 3.70. The molecule has 0 aromatic heterocycles. The monoisotopic (exact) mass is 305 g/mol. The summed E-state index contributed by atoms with van der Waals surface area (Å²) in [7, 11) is 0. The number of esters is 1. The fourth-order valence-electron chi connectivity index (χ4n) is 5.47. The van der Waals surface area contributed by atoms with Crippen molar-refractivity contribution in [2.75, 3.05) is 6.61 Å². The fourth-order valence-corrected chi connectivity index (χ4v) is 5.47. The number of rotatable bonds is 5. The van der Waals surface area contributed by atoms with Gasteiger partial charge in [-0.15, -0.1) is 0 Å². The molecule has 4 rings (SSSR count). The van der Waals surface area contributed by atoms with Gasteiger partial charge >= 0.3 is 5.97 Å². The standard InChI is InChI=1S/C18H27NO3/c1-3-4-17(21)22-11-16(20)19-12(2)18-8-13-5-14(9-18)7-15(6-13)10-18/h3-4,12-15H,5-11H2,1-2H3,(H,19,20)/b4-3+/t12-,13?,14?,15?,18?/m1/s1. The minimum Gasteiger partial charge on any atom is -0.452 e. The highest BCUT2D eigenvalue weighted by atomic mass is 16.5. The maximum atomic E-state index is 12.0. The zero-order valence-electron chi connectivity index (χ0n) is 13.6. The van der Waals surface area contributed by atoms with Crippen LogP contribution in [0.3, 0.4) is 0 Å². The number of nitrogens with one attached hydrogen (secondary N) is 1. The van der Waals surface area contributed by atoms with Crippen LogP contribution in [0.5, 0.6) is 0 Å². The number of carbonyl (C=O) groups is 2. The van der Waals surface area contributed by atoms with Crippen molar-refractivity contribution in [1.82, 2.24) is 5.32 Å². The lowest BCUT2D eigenvalue weighted by molar-refractivity contribution is -0.145. The van der Waals surface area contributed by atoms with Crippen molar-refractivity contribution >= 4 is 11.9 Å². The molecule has 0 aromatic carbocycles. The van der Waals surface area contributed by atoms with E-state index in [0.29, 0.717) is 0 Å². The van der Waals surface area contributed by atoms with Gasteiger partial charge in [0, 0.05) is 12.1 Å². The third-order valence-electron chi connectivity index (χ3n) is 6.03. The summed E-state index contributed by atoms with van der Waals surface area (Å²) >= 11 is 0. The maximum absolute atomic E-state index is 12.0. The molecule has 4 aliphatic rings. The Morgan fingerprint density at radius 3 is 2.23 bits per heavy atom. The first-order chi connectivity index (χ1) is 10.5. The third kappa shape index (κ3) is 3.06. The number of allylic oxidation sites excluding steroid dienone is 1. The quantitative estimate of drug-likeness (QED) is 0.627. The van der Waals surface area contributed by atoms with E-state index in [4.69, 9.17) is 4.74 Å². The van der Waals surface area contributed by atoms with E-state index in [1.54, 1.807) is 13.0 Å². The molecule has 0 aromatic rings. The Morgan fingerprint density at radius 2 is 1.73 bits per heavy atom. The van der Waals surface area contributed by atoms with Gasteiger partial charge in [0.05, 0.1) is 0 Å². The highest BCUT2D eigenvalue weighted by Crippen LogP contribution is 2.61. The molecule has 0 heterocycles. The highest BCUT2D eigenvalue weighted by molar-refractivity contribution is 5.85. The van der Waals surface area contributed by atoms with Crippen LogP contribution in [0.25, 0.3) is 0 Å². The van der Waals surface area contributed by atoms with Crippen molar-refractivity contribution < 1.29 is 14.3 Å². The summed E-state index contributed by atoms with van der Waals surface area (Å²) in [5.41, 5.74) is 0.289. The predicted octanol–water partition coefficient (Wildman–Crippen LogP) is 2.83. The first-order valence-corrected chi connectivity index (χ1v) is 8.59. The molecule has 22 heavy (non-hydrogen) atoms. The second-order valence-electron chi connectivity index (χ2n) is 7.68. The van der Waals surface area contributed by atoms with Crippen molar-refractivity contribution in [2.24, 2.45) is 23.2 Å². The van der Waals surface area contributed by atoms with E-state index in [0.717, 1.165) is 17.8 Å². The molecule has 0 radical (unpaired) electrons. The lowest BCUT2D eigenvalue weighted by Crippen LogP contribution is -2.56. The van der Waals surface area contributed by atoms with Crippen LogP contribution in [0.4, 0.5) is 0 Å². The van der Waals surface area contributed by atoms with Crippen LogP contribution in [0, 0.1) is 23.2 Å². The van der Waals surface area contributed by atoms with Gasteiger partial charge in [0.25, 0.3) is 5.91 Å². The fraction of sp³-hybridized carbons (Fsp3) is 0.778. The molecule has 4 nitrogen and oxygen atoms in total. The van der Waals surface area contributed by atoms with E-state index in [9.17, 15) is 9.59 Å². The Kier molecular flexibility index (Phi) is 4.28. The van der Waals surface area contributed by atoms with Crippen LogP contribution in [0.2, 0.25) is 0 Å². The predicted molar refractivity (Wildman–Crippen MR) is 84.0 cm³/mol. The maximum Gasteiger partial charge on any atom is 0.330 e. The van der Waals surface area contributed by atoms with Gasteiger partial charge in [0.1, 0.15) is 0 Å². The van der Waals surface area contributed by atoms with E-state index in [2.05, 4.69) is 12.2 Å². The summed E-state index contributed by atoms with van der Waals surface area (Å²) in [4.78, 5) is 23.3. The van der Waals surface area contributed by atoms with Crippen molar-refractivity contribution in [3.63, 3.8) is 0 Å². The first kappa shape index (κ1) is 15.6. The normalized spacial score (nSPS) is 37.3. The average Bonchev–Trinajstić information content (AvgIpc) is 2.44. The molecule has 0 saturated heterocycles. The molecule has 0 aliphatic heterocycles. The number of amides is 1.